The van der Waals surface area contributed by atoms with Crippen LogP contribution in [0.3, 0.4) is 0 Å². The highest BCUT2D eigenvalue weighted by atomic mass is 16.6. The number of carbonyl (C=O) groups excluding carboxylic acids is 3. The van der Waals surface area contributed by atoms with Crippen molar-refractivity contribution in [2.45, 2.75) is 303 Å². The van der Waals surface area contributed by atoms with Crippen molar-refractivity contribution in [3.8, 4) is 0 Å². The molecule has 0 saturated carbocycles. The van der Waals surface area contributed by atoms with Crippen LogP contribution in [0.15, 0.2) is 109 Å². The Morgan fingerprint density at radius 3 is 0.816 bits per heavy atom. The lowest BCUT2D eigenvalue weighted by atomic mass is 10.1. The first kappa shape index (κ1) is 72.1. The molecule has 76 heavy (non-hydrogen) atoms. The zero-order valence-corrected chi connectivity index (χ0v) is 49.7. The number of ether oxygens (including phenoxy) is 3. The van der Waals surface area contributed by atoms with Gasteiger partial charge in [0.05, 0.1) is 0 Å². The molecule has 0 aromatic carbocycles. The minimum atomic E-state index is -0.784. The summed E-state index contributed by atoms with van der Waals surface area (Å²) in [6.45, 7) is 6.50. The maximum absolute atomic E-state index is 12.8. The molecule has 6 nitrogen and oxygen atoms in total. The summed E-state index contributed by atoms with van der Waals surface area (Å²) >= 11 is 0. The van der Waals surface area contributed by atoms with Gasteiger partial charge in [-0.1, -0.05) is 278 Å². The molecular formula is C70H118O6. The third-order valence-corrected chi connectivity index (χ3v) is 13.5. The zero-order valence-electron chi connectivity index (χ0n) is 49.7. The molecule has 0 rings (SSSR count). The van der Waals surface area contributed by atoms with E-state index in [1.807, 2.05) is 0 Å². The van der Waals surface area contributed by atoms with Gasteiger partial charge in [-0.05, 0) is 109 Å². The van der Waals surface area contributed by atoms with Crippen LogP contribution in [0.25, 0.3) is 0 Å². The second-order valence-electron chi connectivity index (χ2n) is 20.9. The minimum Gasteiger partial charge on any atom is -0.462 e. The van der Waals surface area contributed by atoms with Gasteiger partial charge in [0, 0.05) is 19.3 Å². The third-order valence-electron chi connectivity index (χ3n) is 13.5. The van der Waals surface area contributed by atoms with E-state index in [1.165, 1.54) is 128 Å². The van der Waals surface area contributed by atoms with E-state index in [0.29, 0.717) is 19.3 Å². The lowest BCUT2D eigenvalue weighted by Crippen LogP contribution is -2.30. The molecule has 0 aliphatic rings. The summed E-state index contributed by atoms with van der Waals surface area (Å²) in [5.41, 5.74) is 0. The first-order chi connectivity index (χ1) is 37.5. The predicted octanol–water partition coefficient (Wildman–Crippen LogP) is 21.8. The zero-order chi connectivity index (χ0) is 55.0. The normalized spacial score (nSPS) is 12.8. The molecular weight excluding hydrogens is 937 g/mol. The summed E-state index contributed by atoms with van der Waals surface area (Å²) < 4.78 is 16.8. The fourth-order valence-electron chi connectivity index (χ4n) is 8.75. The quantitative estimate of drug-likeness (QED) is 0.0261. The molecule has 434 valence electrons. The Hall–Kier alpha value is -3.93. The fraction of sp³-hybridized carbons (Fsp3) is 0.700. The van der Waals surface area contributed by atoms with Gasteiger partial charge in [0.25, 0.3) is 0 Å². The van der Waals surface area contributed by atoms with Gasteiger partial charge in [-0.25, -0.2) is 0 Å². The van der Waals surface area contributed by atoms with E-state index in [2.05, 4.69) is 130 Å². The third kappa shape index (κ3) is 60.9. The van der Waals surface area contributed by atoms with Crippen LogP contribution in [0.5, 0.6) is 0 Å². The van der Waals surface area contributed by atoms with Crippen molar-refractivity contribution in [1.82, 2.24) is 0 Å². The largest absolute Gasteiger partial charge is 0.462 e. The molecule has 0 fully saturated rings. The Balaban J connectivity index is 4.20. The van der Waals surface area contributed by atoms with Gasteiger partial charge in [-0.3, -0.25) is 14.4 Å². The molecule has 0 saturated heterocycles. The molecule has 0 bridgehead atoms. The van der Waals surface area contributed by atoms with Gasteiger partial charge < -0.3 is 14.2 Å². The van der Waals surface area contributed by atoms with Crippen LogP contribution >= 0.6 is 0 Å². The van der Waals surface area contributed by atoms with Crippen LogP contribution in [0.4, 0.5) is 0 Å². The van der Waals surface area contributed by atoms with Crippen LogP contribution in [0, 0.1) is 0 Å². The smallest absolute Gasteiger partial charge is 0.306 e. The van der Waals surface area contributed by atoms with Crippen molar-refractivity contribution in [2.75, 3.05) is 13.2 Å². The molecule has 1 atom stereocenters. The SMILES string of the molecule is CC/C=C\C/C=C\C/C=C\C/C=C\C/C=C\C/C=C\C/C=C\C/C=C\CCCCCCCCCCC(=O)OCC(COC(=O)CCCCCCCCCCC)OC(=O)CCCCCCC/C=C\CCCCCCCCC. The van der Waals surface area contributed by atoms with Crippen molar-refractivity contribution in [2.24, 2.45) is 0 Å². The molecule has 6 heteroatoms. The van der Waals surface area contributed by atoms with Crippen molar-refractivity contribution >= 4 is 17.9 Å². The summed E-state index contributed by atoms with van der Waals surface area (Å²) in [4.78, 5) is 38.1. The maximum atomic E-state index is 12.8. The highest BCUT2D eigenvalue weighted by Gasteiger charge is 2.19. The first-order valence-electron chi connectivity index (χ1n) is 31.9. The first-order valence-corrected chi connectivity index (χ1v) is 31.9. The monoisotopic (exact) mass is 1050 g/mol. The van der Waals surface area contributed by atoms with Gasteiger partial charge in [0.1, 0.15) is 13.2 Å². The van der Waals surface area contributed by atoms with E-state index >= 15 is 0 Å². The number of hydrogen-bond donors (Lipinski definition) is 0. The van der Waals surface area contributed by atoms with Crippen LogP contribution in [0.2, 0.25) is 0 Å². The van der Waals surface area contributed by atoms with Crippen LogP contribution in [0.1, 0.15) is 297 Å². The Labute approximate surface area is 470 Å². The summed E-state index contributed by atoms with van der Waals surface area (Å²) in [5, 5.41) is 0. The molecule has 0 N–H and O–H groups in total. The summed E-state index contributed by atoms with van der Waals surface area (Å²) in [5.74, 6) is -0.896. The Morgan fingerprint density at radius 1 is 0.276 bits per heavy atom. The Kier molecular flexibility index (Phi) is 60.3. The highest BCUT2D eigenvalue weighted by molar-refractivity contribution is 5.71. The van der Waals surface area contributed by atoms with Gasteiger partial charge in [-0.2, -0.15) is 0 Å². The molecule has 0 aliphatic carbocycles. The molecule has 0 radical (unpaired) electrons. The summed E-state index contributed by atoms with van der Waals surface area (Å²) in [7, 11) is 0. The van der Waals surface area contributed by atoms with Crippen LogP contribution < -0.4 is 0 Å². The number of esters is 3. The average Bonchev–Trinajstić information content (AvgIpc) is 3.42. The molecule has 0 aromatic rings. The van der Waals surface area contributed by atoms with Gasteiger partial charge >= 0.3 is 17.9 Å². The second-order valence-corrected chi connectivity index (χ2v) is 20.9. The van der Waals surface area contributed by atoms with Crippen molar-refractivity contribution < 1.29 is 28.6 Å². The predicted molar refractivity (Wildman–Crippen MR) is 330 cm³/mol. The summed E-state index contributed by atoms with van der Waals surface area (Å²) in [6, 6.07) is 0. The molecule has 0 spiro atoms. The van der Waals surface area contributed by atoms with Gasteiger partial charge in [0.2, 0.25) is 0 Å². The van der Waals surface area contributed by atoms with Crippen LogP contribution in [-0.2, 0) is 28.6 Å². The number of unbranched alkanes of at least 4 members (excludes halogenated alkanes) is 28. The number of hydrogen-bond acceptors (Lipinski definition) is 6. The van der Waals surface area contributed by atoms with Gasteiger partial charge in [-0.15, -0.1) is 0 Å². The van der Waals surface area contributed by atoms with E-state index in [4.69, 9.17) is 14.2 Å². The molecule has 0 aromatic heterocycles. The Bertz CT molecular complexity index is 1540. The summed E-state index contributed by atoms with van der Waals surface area (Å²) in [6.07, 6.45) is 86.8. The topological polar surface area (TPSA) is 78.9 Å². The van der Waals surface area contributed by atoms with E-state index < -0.39 is 6.10 Å². The fourth-order valence-corrected chi connectivity index (χ4v) is 8.75. The number of carbonyl (C=O) groups is 3. The van der Waals surface area contributed by atoms with E-state index in [9.17, 15) is 14.4 Å². The van der Waals surface area contributed by atoms with Gasteiger partial charge in [0.15, 0.2) is 6.10 Å². The van der Waals surface area contributed by atoms with E-state index in [1.54, 1.807) is 0 Å². The van der Waals surface area contributed by atoms with E-state index in [-0.39, 0.29) is 31.1 Å². The van der Waals surface area contributed by atoms with Crippen molar-refractivity contribution in [1.29, 1.82) is 0 Å². The second kappa shape index (κ2) is 63.6. The van der Waals surface area contributed by atoms with Crippen molar-refractivity contribution in [3.05, 3.63) is 109 Å². The molecule has 0 heterocycles. The lowest BCUT2D eigenvalue weighted by Gasteiger charge is -2.18. The Morgan fingerprint density at radius 2 is 0.513 bits per heavy atom. The molecule has 0 amide bonds. The average molecular weight is 1060 g/mol. The highest BCUT2D eigenvalue weighted by Crippen LogP contribution is 2.15. The standard InChI is InChI=1S/C70H118O6/c1-4-7-10-13-16-19-21-23-25-27-28-29-30-31-32-33-34-35-36-37-38-39-40-41-42-43-45-46-48-51-54-57-60-63-69(72)75-66-67(65-74-68(71)62-59-56-53-50-18-15-12-9-6-3)76-70(73)64-61-58-55-52-49-47-44-26-24-22-20-17-14-11-8-5-2/h7,10,16,19,23,25-26,28-29,31-32,34-35,37-38,40-41,44,67H,4-6,8-9,11-15,17-18,20-22,24,27,30,33,36,39,42-43,45-66H2,1-3H3/b10-7-,19-16-,25-23-,29-28-,32-31-,35-34-,38-37-,41-40-,44-26-. The minimum absolute atomic E-state index is 0.0816. The number of allylic oxidation sites excluding steroid dienone is 18. The lowest BCUT2D eigenvalue weighted by molar-refractivity contribution is -0.167. The molecule has 1 unspecified atom stereocenters. The van der Waals surface area contributed by atoms with Crippen LogP contribution in [-0.4, -0.2) is 37.2 Å². The van der Waals surface area contributed by atoms with Crippen molar-refractivity contribution in [3.63, 3.8) is 0 Å². The molecule has 0 aliphatic heterocycles. The maximum Gasteiger partial charge on any atom is 0.306 e. The number of rotatable bonds is 57. The van der Waals surface area contributed by atoms with E-state index in [0.717, 1.165) is 128 Å².